The van der Waals surface area contributed by atoms with Crippen molar-refractivity contribution in [1.29, 1.82) is 0 Å². The van der Waals surface area contributed by atoms with Crippen molar-refractivity contribution in [1.82, 2.24) is 4.57 Å². The Balaban J connectivity index is 1.00. The van der Waals surface area contributed by atoms with Crippen LogP contribution in [0.3, 0.4) is 0 Å². The number of hydrogen-bond acceptors (Lipinski definition) is 1. The van der Waals surface area contributed by atoms with Crippen LogP contribution in [0.2, 0.25) is 0 Å². The molecule has 0 N–H and O–H groups in total. The molecule has 0 saturated carbocycles. The topological polar surface area (TPSA) is 8.17 Å². The number of benzene rings is 9. The molecule has 0 fully saturated rings. The average Bonchev–Trinajstić information content (AvgIpc) is 3.73. The summed E-state index contributed by atoms with van der Waals surface area (Å²) in [6.07, 6.45) is 0. The van der Waals surface area contributed by atoms with Crippen molar-refractivity contribution in [3.8, 4) is 39.1 Å². The number of rotatable bonds is 6. The van der Waals surface area contributed by atoms with Gasteiger partial charge in [0.15, 0.2) is 0 Å². The van der Waals surface area contributed by atoms with E-state index in [1.807, 2.05) is 0 Å². The van der Waals surface area contributed by atoms with Crippen molar-refractivity contribution in [2.24, 2.45) is 0 Å². The molecule has 1 aromatic heterocycles. The molecule has 1 heterocycles. The van der Waals surface area contributed by atoms with Crippen molar-refractivity contribution in [2.45, 2.75) is 19.3 Å². The van der Waals surface area contributed by atoms with Gasteiger partial charge in [-0.25, -0.2) is 0 Å². The molecule has 0 atom stereocenters. The van der Waals surface area contributed by atoms with Gasteiger partial charge in [-0.05, 0) is 116 Å². The maximum Gasteiger partial charge on any atom is 0.0547 e. The summed E-state index contributed by atoms with van der Waals surface area (Å²) in [6, 6.07) is 75.5. The van der Waals surface area contributed by atoms with Crippen LogP contribution in [0.1, 0.15) is 25.0 Å². The summed E-state index contributed by atoms with van der Waals surface area (Å²) in [5.74, 6) is 0. The molecule has 0 amide bonds. The van der Waals surface area contributed by atoms with Crippen molar-refractivity contribution in [2.75, 3.05) is 4.90 Å². The van der Waals surface area contributed by atoms with Gasteiger partial charge in [0.05, 0.1) is 11.0 Å². The van der Waals surface area contributed by atoms with Crippen molar-refractivity contribution in [3.63, 3.8) is 0 Å². The molecule has 270 valence electrons. The monoisotopic (exact) mass is 728 g/mol. The largest absolute Gasteiger partial charge is 0.310 e. The highest BCUT2D eigenvalue weighted by molar-refractivity contribution is 6.21. The summed E-state index contributed by atoms with van der Waals surface area (Å²) in [4.78, 5) is 2.40. The second-order valence-electron chi connectivity index (χ2n) is 15.8. The average molecular weight is 729 g/mol. The van der Waals surface area contributed by atoms with Crippen LogP contribution in [0.15, 0.2) is 206 Å². The number of nitrogens with zero attached hydrogens (tertiary/aromatic N) is 2. The fourth-order valence-corrected chi connectivity index (χ4v) is 9.36. The second-order valence-corrected chi connectivity index (χ2v) is 15.8. The normalized spacial score (nSPS) is 12.9. The minimum atomic E-state index is -0.0941. The molecule has 0 spiro atoms. The first-order valence-corrected chi connectivity index (χ1v) is 19.8. The standard InChI is InChI=1S/C55H40N2/c1-55(2)50-21-10-8-19-47(50)48-33-32-45(36-51(48)55)56(42-28-23-38(24-29-42)37-13-4-3-5-14-37)43-30-25-39(26-31-43)41-16-12-17-44(35-41)57-52-22-11-9-20-49(52)54-46-18-7-6-15-40(46)27-34-53(54)57/h3-36H,1-2H3. The zero-order chi connectivity index (χ0) is 38.1. The fourth-order valence-electron chi connectivity index (χ4n) is 9.36. The van der Waals surface area contributed by atoms with Gasteiger partial charge in [0.1, 0.15) is 0 Å². The minimum absolute atomic E-state index is 0.0941. The Hall–Kier alpha value is -7.16. The van der Waals surface area contributed by atoms with Crippen LogP contribution in [-0.2, 0) is 5.41 Å². The molecule has 0 unspecified atom stereocenters. The number of para-hydroxylation sites is 1. The Morgan fingerprint density at radius 1 is 0.386 bits per heavy atom. The first kappa shape index (κ1) is 33.2. The van der Waals surface area contributed by atoms with E-state index in [0.717, 1.165) is 22.7 Å². The van der Waals surface area contributed by atoms with Gasteiger partial charge in [-0.3, -0.25) is 0 Å². The lowest BCUT2D eigenvalue weighted by Gasteiger charge is -2.28. The lowest BCUT2D eigenvalue weighted by molar-refractivity contribution is 0.660. The number of hydrogen-bond donors (Lipinski definition) is 0. The van der Waals surface area contributed by atoms with Crippen LogP contribution in [-0.4, -0.2) is 4.57 Å². The summed E-state index contributed by atoms with van der Waals surface area (Å²) in [5.41, 5.74) is 17.1. The van der Waals surface area contributed by atoms with Crippen molar-refractivity contribution in [3.05, 3.63) is 217 Å². The van der Waals surface area contributed by atoms with E-state index in [2.05, 4.69) is 230 Å². The third-order valence-corrected chi connectivity index (χ3v) is 12.2. The van der Waals surface area contributed by atoms with Gasteiger partial charge in [0.2, 0.25) is 0 Å². The number of anilines is 3. The van der Waals surface area contributed by atoms with Crippen molar-refractivity contribution < 1.29 is 0 Å². The molecule has 11 rings (SSSR count). The van der Waals surface area contributed by atoms with E-state index in [1.54, 1.807) is 0 Å². The Kier molecular flexibility index (Phi) is 7.55. The van der Waals surface area contributed by atoms with Crippen molar-refractivity contribution >= 4 is 49.6 Å². The number of fused-ring (bicyclic) bond motifs is 8. The third-order valence-electron chi connectivity index (χ3n) is 12.2. The van der Waals surface area contributed by atoms with E-state index < -0.39 is 0 Å². The van der Waals surface area contributed by atoms with Crippen LogP contribution in [0.4, 0.5) is 17.1 Å². The molecule has 2 nitrogen and oxygen atoms in total. The minimum Gasteiger partial charge on any atom is -0.310 e. The lowest BCUT2D eigenvalue weighted by Crippen LogP contribution is -2.16. The van der Waals surface area contributed by atoms with E-state index in [4.69, 9.17) is 0 Å². The maximum atomic E-state index is 2.42. The lowest BCUT2D eigenvalue weighted by atomic mass is 9.82. The SMILES string of the molecule is CC1(C)c2ccccc2-c2ccc(N(c3ccc(-c4ccccc4)cc3)c3ccc(-c4cccc(-n5c6ccccc6c6c7ccccc7ccc65)c4)cc3)cc21. The molecule has 0 aliphatic heterocycles. The molecule has 10 aromatic rings. The van der Waals surface area contributed by atoms with Gasteiger partial charge >= 0.3 is 0 Å². The zero-order valence-corrected chi connectivity index (χ0v) is 32.0. The maximum absolute atomic E-state index is 2.42. The first-order valence-electron chi connectivity index (χ1n) is 19.8. The van der Waals surface area contributed by atoms with Gasteiger partial charge in [0, 0.05) is 38.9 Å². The highest BCUT2D eigenvalue weighted by Gasteiger charge is 2.35. The second kappa shape index (κ2) is 13.0. The first-order chi connectivity index (χ1) is 28.0. The number of aromatic nitrogens is 1. The molecule has 1 aliphatic rings. The predicted octanol–water partition coefficient (Wildman–Crippen LogP) is 15.0. The van der Waals surface area contributed by atoms with E-state index in [1.165, 1.54) is 77.1 Å². The van der Waals surface area contributed by atoms with E-state index in [9.17, 15) is 0 Å². The van der Waals surface area contributed by atoms with E-state index in [-0.39, 0.29) is 5.41 Å². The summed E-state index contributed by atoms with van der Waals surface area (Å²) >= 11 is 0. The third kappa shape index (κ3) is 5.33. The smallest absolute Gasteiger partial charge is 0.0547 e. The van der Waals surface area contributed by atoms with Crippen LogP contribution in [0, 0.1) is 0 Å². The summed E-state index contributed by atoms with van der Waals surface area (Å²) < 4.78 is 2.42. The highest BCUT2D eigenvalue weighted by Crippen LogP contribution is 2.50. The zero-order valence-electron chi connectivity index (χ0n) is 32.0. The Bertz CT molecular complexity index is 3130. The van der Waals surface area contributed by atoms with Gasteiger partial charge < -0.3 is 9.47 Å². The molecule has 2 heteroatoms. The Morgan fingerprint density at radius 2 is 0.982 bits per heavy atom. The van der Waals surface area contributed by atoms with E-state index >= 15 is 0 Å². The van der Waals surface area contributed by atoms with Crippen LogP contribution < -0.4 is 4.90 Å². The van der Waals surface area contributed by atoms with E-state index in [0.29, 0.717) is 0 Å². The molecule has 9 aromatic carbocycles. The predicted molar refractivity (Wildman–Crippen MR) is 241 cm³/mol. The molecular weight excluding hydrogens is 689 g/mol. The molecule has 0 bridgehead atoms. The molecule has 0 radical (unpaired) electrons. The fraction of sp³-hybridized carbons (Fsp3) is 0.0545. The summed E-state index contributed by atoms with van der Waals surface area (Å²) in [6.45, 7) is 4.70. The van der Waals surface area contributed by atoms with Gasteiger partial charge in [-0.15, -0.1) is 0 Å². The highest BCUT2D eigenvalue weighted by atomic mass is 15.1. The van der Waals surface area contributed by atoms with Gasteiger partial charge in [-0.1, -0.05) is 159 Å². The van der Waals surface area contributed by atoms with Crippen LogP contribution in [0.5, 0.6) is 0 Å². The van der Waals surface area contributed by atoms with Gasteiger partial charge in [-0.2, -0.15) is 0 Å². The van der Waals surface area contributed by atoms with Crippen LogP contribution >= 0.6 is 0 Å². The Labute approximate surface area is 333 Å². The van der Waals surface area contributed by atoms with Crippen LogP contribution in [0.25, 0.3) is 71.6 Å². The molecular formula is C55H40N2. The summed E-state index contributed by atoms with van der Waals surface area (Å²) in [5, 5.41) is 5.12. The van der Waals surface area contributed by atoms with Gasteiger partial charge in [0.25, 0.3) is 0 Å². The summed E-state index contributed by atoms with van der Waals surface area (Å²) in [7, 11) is 0. The Morgan fingerprint density at radius 3 is 1.77 bits per heavy atom. The molecule has 1 aliphatic carbocycles. The molecule has 0 saturated heterocycles. The quantitative estimate of drug-likeness (QED) is 0.165. The molecule has 57 heavy (non-hydrogen) atoms.